The van der Waals surface area contributed by atoms with E-state index in [1.807, 2.05) is 22.6 Å². The van der Waals surface area contributed by atoms with Crippen molar-refractivity contribution >= 4 is 28.4 Å². The molecule has 1 aromatic heterocycles. The molecule has 0 bridgehead atoms. The number of carbonyl (C=O) groups excluding carboxylic acids is 1. The number of hydrogen-bond donors (Lipinski definition) is 0. The van der Waals surface area contributed by atoms with Crippen LogP contribution in [0.4, 0.5) is 13.2 Å². The van der Waals surface area contributed by atoms with E-state index in [4.69, 9.17) is 0 Å². The molecule has 0 amide bonds. The van der Waals surface area contributed by atoms with Gasteiger partial charge in [0.05, 0.1) is 11.3 Å². The van der Waals surface area contributed by atoms with E-state index < -0.39 is 12.7 Å². The zero-order chi connectivity index (χ0) is 11.9. The molecule has 0 unspecified atom stereocenters. The van der Waals surface area contributed by atoms with Crippen molar-refractivity contribution in [2.24, 2.45) is 0 Å². The highest BCUT2D eigenvalue weighted by Crippen LogP contribution is 2.27. The largest absolute Gasteiger partial charge is 0.408 e. The van der Waals surface area contributed by atoms with Crippen molar-refractivity contribution in [3.63, 3.8) is 0 Å². The molecule has 0 N–H and O–H groups in total. The second-order valence-corrected chi connectivity index (χ2v) is 4.68. The zero-order valence-electron chi connectivity index (χ0n) is 8.14. The third-order valence-corrected chi connectivity index (χ3v) is 3.20. The van der Waals surface area contributed by atoms with Crippen molar-refractivity contribution in [3.05, 3.63) is 15.0 Å². The zero-order valence-corrected chi connectivity index (χ0v) is 10.3. The molecule has 1 aliphatic carbocycles. The maximum atomic E-state index is 12.3. The van der Waals surface area contributed by atoms with Gasteiger partial charge in [-0.05, 0) is 35.4 Å². The topological polar surface area (TPSA) is 34.9 Å². The first-order valence-corrected chi connectivity index (χ1v) is 5.81. The molecule has 0 atom stereocenters. The third kappa shape index (κ3) is 2.23. The molecular weight excluding hydrogens is 336 g/mol. The van der Waals surface area contributed by atoms with E-state index in [-0.39, 0.29) is 5.78 Å². The molecule has 1 aromatic rings. The number of halogens is 4. The molecular formula is C9H8F3IN2O. The van der Waals surface area contributed by atoms with Gasteiger partial charge in [-0.3, -0.25) is 9.48 Å². The van der Waals surface area contributed by atoms with Crippen LogP contribution in [0.2, 0.25) is 0 Å². The molecule has 2 rings (SSSR count). The maximum absolute atomic E-state index is 12.3. The first-order valence-electron chi connectivity index (χ1n) is 4.73. The fourth-order valence-corrected chi connectivity index (χ4v) is 2.71. The summed E-state index contributed by atoms with van der Waals surface area (Å²) in [6.07, 6.45) is -2.80. The Bertz CT molecular complexity index is 439. The van der Waals surface area contributed by atoms with Crippen LogP contribution >= 0.6 is 22.6 Å². The van der Waals surface area contributed by atoms with Crippen molar-refractivity contribution in [1.29, 1.82) is 0 Å². The van der Waals surface area contributed by atoms with Crippen LogP contribution in [-0.4, -0.2) is 21.7 Å². The van der Waals surface area contributed by atoms with Crippen LogP contribution in [0.3, 0.4) is 0 Å². The molecule has 16 heavy (non-hydrogen) atoms. The lowest BCUT2D eigenvalue weighted by Crippen LogP contribution is -2.22. The predicted octanol–water partition coefficient (Wildman–Crippen LogP) is 2.57. The summed E-state index contributed by atoms with van der Waals surface area (Å²) in [6, 6.07) is 0. The molecule has 1 heterocycles. The Kier molecular flexibility index (Phi) is 2.97. The van der Waals surface area contributed by atoms with Crippen molar-refractivity contribution in [3.8, 4) is 0 Å². The minimum Gasteiger partial charge on any atom is -0.294 e. The van der Waals surface area contributed by atoms with E-state index >= 15 is 0 Å². The Morgan fingerprint density at radius 2 is 2.06 bits per heavy atom. The normalized spacial score (nSPS) is 16.4. The molecule has 0 radical (unpaired) electrons. The molecule has 0 spiro atoms. The van der Waals surface area contributed by atoms with Crippen molar-refractivity contribution in [2.75, 3.05) is 0 Å². The van der Waals surface area contributed by atoms with Crippen LogP contribution in [0.15, 0.2) is 0 Å². The van der Waals surface area contributed by atoms with E-state index in [2.05, 4.69) is 5.10 Å². The summed E-state index contributed by atoms with van der Waals surface area (Å²) in [4.78, 5) is 11.5. The summed E-state index contributed by atoms with van der Waals surface area (Å²) in [5.41, 5.74) is 0.814. The van der Waals surface area contributed by atoms with Crippen molar-refractivity contribution < 1.29 is 18.0 Å². The number of carbonyl (C=O) groups is 1. The predicted molar refractivity (Wildman–Crippen MR) is 58.3 cm³/mol. The van der Waals surface area contributed by atoms with E-state index in [0.717, 1.165) is 4.68 Å². The number of alkyl halides is 3. The maximum Gasteiger partial charge on any atom is 0.408 e. The van der Waals surface area contributed by atoms with Crippen LogP contribution in [0.5, 0.6) is 0 Å². The first kappa shape index (κ1) is 11.9. The molecule has 0 saturated heterocycles. The van der Waals surface area contributed by atoms with Crippen molar-refractivity contribution in [2.45, 2.75) is 32.0 Å². The fraction of sp³-hybridized carbons (Fsp3) is 0.556. The van der Waals surface area contributed by atoms with Gasteiger partial charge in [-0.25, -0.2) is 0 Å². The highest BCUT2D eigenvalue weighted by Gasteiger charge is 2.33. The number of fused-ring (bicyclic) bond motifs is 1. The van der Waals surface area contributed by atoms with Gasteiger partial charge in [0.15, 0.2) is 5.78 Å². The van der Waals surface area contributed by atoms with Crippen LogP contribution in [0, 0.1) is 3.70 Å². The highest BCUT2D eigenvalue weighted by atomic mass is 127. The smallest absolute Gasteiger partial charge is 0.294 e. The molecule has 0 fully saturated rings. The van der Waals surface area contributed by atoms with E-state index in [1.165, 1.54) is 0 Å². The summed E-state index contributed by atoms with van der Waals surface area (Å²) < 4.78 is 38.1. The van der Waals surface area contributed by atoms with Gasteiger partial charge in [0.2, 0.25) is 0 Å². The Labute approximate surface area is 103 Å². The number of aromatic nitrogens is 2. The van der Waals surface area contributed by atoms with Gasteiger partial charge >= 0.3 is 6.18 Å². The second-order valence-electron chi connectivity index (χ2n) is 3.66. The molecule has 7 heteroatoms. The summed E-state index contributed by atoms with van der Waals surface area (Å²) in [7, 11) is 0. The van der Waals surface area contributed by atoms with Gasteiger partial charge in [-0.15, -0.1) is 0 Å². The highest BCUT2D eigenvalue weighted by molar-refractivity contribution is 14.1. The quantitative estimate of drug-likeness (QED) is 0.734. The Hall–Kier alpha value is -0.600. The molecule has 3 nitrogen and oxygen atoms in total. The third-order valence-electron chi connectivity index (χ3n) is 2.44. The van der Waals surface area contributed by atoms with Gasteiger partial charge in [0, 0.05) is 6.42 Å². The Balaban J connectivity index is 2.42. The standard InChI is InChI=1S/C9H8F3IN2O/c10-9(11,12)4-15-5-2-1-3-6(16)7(5)8(13)14-15/h1-4H2. The second kappa shape index (κ2) is 4.01. The number of rotatable bonds is 1. The van der Waals surface area contributed by atoms with E-state index in [0.29, 0.717) is 34.2 Å². The van der Waals surface area contributed by atoms with Gasteiger partial charge in [0.1, 0.15) is 10.2 Å². The van der Waals surface area contributed by atoms with Crippen LogP contribution in [0.25, 0.3) is 0 Å². The summed E-state index contributed by atoms with van der Waals surface area (Å²) in [5.74, 6) is -0.0981. The van der Waals surface area contributed by atoms with Crippen LogP contribution in [-0.2, 0) is 13.0 Å². The first-order chi connectivity index (χ1) is 7.38. The minimum atomic E-state index is -4.30. The van der Waals surface area contributed by atoms with Crippen LogP contribution in [0.1, 0.15) is 28.9 Å². The summed E-state index contributed by atoms with van der Waals surface area (Å²) in [6.45, 7) is -1.12. The summed E-state index contributed by atoms with van der Waals surface area (Å²) >= 11 is 1.81. The minimum absolute atomic E-state index is 0.0981. The SMILES string of the molecule is O=C1CCCc2c1c(I)nn2CC(F)(F)F. The average Bonchev–Trinajstić information content (AvgIpc) is 2.42. The Morgan fingerprint density at radius 1 is 1.38 bits per heavy atom. The molecule has 1 aliphatic rings. The lowest BCUT2D eigenvalue weighted by atomic mass is 9.97. The van der Waals surface area contributed by atoms with Crippen molar-refractivity contribution in [1.82, 2.24) is 9.78 Å². The number of nitrogens with zero attached hydrogens (tertiary/aromatic N) is 2. The number of hydrogen-bond acceptors (Lipinski definition) is 2. The lowest BCUT2D eigenvalue weighted by molar-refractivity contribution is -0.143. The molecule has 88 valence electrons. The fourth-order valence-electron chi connectivity index (χ4n) is 1.84. The van der Waals surface area contributed by atoms with Gasteiger partial charge < -0.3 is 0 Å². The monoisotopic (exact) mass is 344 g/mol. The van der Waals surface area contributed by atoms with Crippen LogP contribution < -0.4 is 0 Å². The van der Waals surface area contributed by atoms with Gasteiger partial charge in [-0.1, -0.05) is 0 Å². The van der Waals surface area contributed by atoms with Gasteiger partial charge in [0.25, 0.3) is 0 Å². The number of Topliss-reactive ketones (excluding diaryl/α,β-unsaturated/α-hetero) is 1. The average molecular weight is 344 g/mol. The Morgan fingerprint density at radius 3 is 2.69 bits per heavy atom. The molecule has 0 aromatic carbocycles. The van der Waals surface area contributed by atoms with E-state index in [1.54, 1.807) is 0 Å². The molecule has 0 saturated carbocycles. The van der Waals surface area contributed by atoms with Gasteiger partial charge in [-0.2, -0.15) is 18.3 Å². The molecule has 0 aliphatic heterocycles. The number of ketones is 1. The van der Waals surface area contributed by atoms with E-state index in [9.17, 15) is 18.0 Å². The summed E-state index contributed by atoms with van der Waals surface area (Å²) in [5, 5.41) is 3.79. The lowest BCUT2D eigenvalue weighted by Gasteiger charge is -2.14.